The van der Waals surface area contributed by atoms with Crippen LogP contribution in [0.15, 0.2) is 53.0 Å². The average molecular weight is 973 g/mol. The van der Waals surface area contributed by atoms with Crippen LogP contribution in [0.1, 0.15) is 49.5 Å². The molecule has 16 heteroatoms. The molecule has 5 N–H and O–H groups in total. The van der Waals surface area contributed by atoms with Crippen molar-refractivity contribution >= 4 is 96.6 Å². The lowest BCUT2D eigenvalue weighted by atomic mass is 10.0. The van der Waals surface area contributed by atoms with E-state index in [9.17, 15) is 29.4 Å². The number of nitrogens with one attached hydrogen (secondary N) is 3. The van der Waals surface area contributed by atoms with E-state index in [1.54, 1.807) is 51.1 Å². The Morgan fingerprint density at radius 1 is 0.854 bits per heavy atom. The summed E-state index contributed by atoms with van der Waals surface area (Å²) in [4.78, 5) is 53.8. The second kappa shape index (κ2) is 17.1. The summed E-state index contributed by atoms with van der Waals surface area (Å²) in [6, 6.07) is 8.36. The van der Waals surface area contributed by atoms with Crippen LogP contribution >= 0.6 is 72.7 Å². The molecule has 0 radical (unpaired) electrons. The van der Waals surface area contributed by atoms with E-state index in [-0.39, 0.29) is 27.4 Å². The zero-order valence-electron chi connectivity index (χ0n) is 26.3. The molecule has 0 bridgehead atoms. The standard InChI is InChI=1S/C32H33BrClI2N3O9/c1-32(2,3)48-31(45)39-25(17-13-21(35)27(41)22(36)14-17)29(43)38-24(16-6-8-18(46-4)9-7-16)28(42)37-23(30(44)47-5)12-15-10-19(33)26(40)20(34)11-15/h6-11,13-14,23-25,40-41H,12H2,1-5H3,(H,37,42)(H,38,43)(H,39,45)/t23-,24+,25+/m0/s1. The summed E-state index contributed by atoms with van der Waals surface area (Å²) in [5, 5.41) is 28.3. The summed E-state index contributed by atoms with van der Waals surface area (Å²) in [5.41, 5.74) is 0.241. The van der Waals surface area contributed by atoms with Gasteiger partial charge in [0.2, 0.25) is 11.8 Å². The third kappa shape index (κ3) is 10.7. The molecule has 48 heavy (non-hydrogen) atoms. The van der Waals surface area contributed by atoms with Crippen LogP contribution in [-0.4, -0.2) is 60.0 Å². The number of aromatic hydroxyl groups is 2. The highest BCUT2D eigenvalue weighted by Crippen LogP contribution is 2.34. The van der Waals surface area contributed by atoms with Crippen LogP contribution < -0.4 is 20.7 Å². The summed E-state index contributed by atoms with van der Waals surface area (Å²) in [6.07, 6.45) is -0.969. The molecule has 0 unspecified atom stereocenters. The predicted molar refractivity (Wildman–Crippen MR) is 198 cm³/mol. The zero-order valence-corrected chi connectivity index (χ0v) is 33.0. The molecule has 0 aliphatic carbocycles. The number of esters is 1. The van der Waals surface area contributed by atoms with E-state index in [2.05, 4.69) is 31.9 Å². The van der Waals surface area contributed by atoms with Crippen molar-refractivity contribution in [2.24, 2.45) is 0 Å². The van der Waals surface area contributed by atoms with Gasteiger partial charge in [-0.15, -0.1) is 0 Å². The number of carbonyl (C=O) groups excluding carboxylic acids is 4. The molecule has 3 rings (SSSR count). The molecule has 258 valence electrons. The number of phenols is 2. The summed E-state index contributed by atoms with van der Waals surface area (Å²) in [7, 11) is 2.64. The molecule has 3 aromatic carbocycles. The van der Waals surface area contributed by atoms with Gasteiger partial charge in [0.05, 0.1) is 30.9 Å². The number of hydrogen-bond donors (Lipinski definition) is 5. The van der Waals surface area contributed by atoms with E-state index in [0.29, 0.717) is 29.6 Å². The van der Waals surface area contributed by atoms with Gasteiger partial charge in [0.25, 0.3) is 0 Å². The fraction of sp³-hybridized carbons (Fsp3) is 0.312. The van der Waals surface area contributed by atoms with Gasteiger partial charge in [0.15, 0.2) is 0 Å². The van der Waals surface area contributed by atoms with Crippen molar-refractivity contribution in [1.29, 1.82) is 0 Å². The molecule has 0 aliphatic heterocycles. The number of carbonyl (C=O) groups is 4. The van der Waals surface area contributed by atoms with E-state index in [4.69, 9.17) is 25.8 Å². The Morgan fingerprint density at radius 2 is 1.42 bits per heavy atom. The van der Waals surface area contributed by atoms with Gasteiger partial charge in [-0.3, -0.25) is 9.59 Å². The Bertz CT molecular complexity index is 1640. The number of alkyl carbamates (subject to hydrolysis) is 1. The van der Waals surface area contributed by atoms with Crippen LogP contribution in [0.2, 0.25) is 5.02 Å². The van der Waals surface area contributed by atoms with E-state index >= 15 is 0 Å². The molecule has 12 nitrogen and oxygen atoms in total. The molecule has 0 fully saturated rings. The third-order valence-electron chi connectivity index (χ3n) is 6.61. The quantitative estimate of drug-likeness (QED) is 0.113. The number of halogens is 4. The van der Waals surface area contributed by atoms with Crippen LogP contribution in [0.3, 0.4) is 0 Å². The van der Waals surface area contributed by atoms with E-state index < -0.39 is 47.6 Å². The van der Waals surface area contributed by atoms with Gasteiger partial charge in [-0.2, -0.15) is 0 Å². The molecular formula is C32H33BrClI2N3O9. The van der Waals surface area contributed by atoms with Crippen molar-refractivity contribution in [3.05, 3.63) is 81.9 Å². The fourth-order valence-corrected chi connectivity index (χ4v) is 7.04. The largest absolute Gasteiger partial charge is 0.506 e. The van der Waals surface area contributed by atoms with Crippen molar-refractivity contribution < 1.29 is 43.6 Å². The van der Waals surface area contributed by atoms with Gasteiger partial charge in [-0.1, -0.05) is 23.7 Å². The molecule has 3 aromatic rings. The molecule has 0 saturated heterocycles. The molecule has 3 atom stereocenters. The van der Waals surface area contributed by atoms with Crippen molar-refractivity contribution in [2.75, 3.05) is 14.2 Å². The molecular weight excluding hydrogens is 940 g/mol. The van der Waals surface area contributed by atoms with Crippen LogP contribution in [0.5, 0.6) is 17.2 Å². The number of amides is 3. The lowest BCUT2D eigenvalue weighted by Gasteiger charge is -2.27. The third-order valence-corrected chi connectivity index (χ3v) is 9.15. The second-order valence-corrected chi connectivity index (χ2v) is 14.9. The number of methoxy groups -OCH3 is 2. The number of ether oxygens (including phenoxy) is 3. The van der Waals surface area contributed by atoms with Gasteiger partial charge in [-0.05, 0) is 135 Å². The Balaban J connectivity index is 2.03. The Morgan fingerprint density at radius 3 is 1.94 bits per heavy atom. The fourth-order valence-electron chi connectivity index (χ4n) is 4.36. The Hall–Kier alpha value is -3.03. The normalized spacial score (nSPS) is 13.0. The zero-order chi connectivity index (χ0) is 35.9. The highest BCUT2D eigenvalue weighted by Gasteiger charge is 2.33. The second-order valence-electron chi connectivity index (χ2n) is 11.3. The van der Waals surface area contributed by atoms with Crippen LogP contribution in [-0.2, 0) is 30.3 Å². The minimum atomic E-state index is -1.39. The maximum atomic E-state index is 14.0. The minimum absolute atomic E-state index is 0.00246. The minimum Gasteiger partial charge on any atom is -0.506 e. The molecule has 0 aromatic heterocycles. The van der Waals surface area contributed by atoms with Gasteiger partial charge < -0.3 is 40.4 Å². The SMILES string of the molecule is COC(=O)[C@H](Cc1cc(Cl)c(O)c(Br)c1)NC(=O)[C@H](NC(=O)[C@H](NC(=O)OC(C)(C)C)c1cc(I)c(O)c(I)c1)c1ccc(OC)cc1. The lowest BCUT2D eigenvalue weighted by molar-refractivity contribution is -0.145. The summed E-state index contributed by atoms with van der Waals surface area (Å²) in [5.74, 6) is -2.04. The van der Waals surface area contributed by atoms with Crippen LogP contribution in [0.4, 0.5) is 4.79 Å². The van der Waals surface area contributed by atoms with Crippen molar-refractivity contribution in [1.82, 2.24) is 16.0 Å². The first-order valence-corrected chi connectivity index (χ1v) is 17.4. The highest BCUT2D eigenvalue weighted by atomic mass is 127. The molecule has 0 spiro atoms. The number of phenolic OH excluding ortho intramolecular Hbond substituents is 2. The van der Waals surface area contributed by atoms with Gasteiger partial charge in [0.1, 0.15) is 41.0 Å². The van der Waals surface area contributed by atoms with Crippen LogP contribution in [0.25, 0.3) is 0 Å². The number of rotatable bonds is 11. The van der Waals surface area contributed by atoms with E-state index in [1.165, 1.54) is 25.3 Å². The molecule has 0 saturated carbocycles. The van der Waals surface area contributed by atoms with Crippen molar-refractivity contribution in [3.63, 3.8) is 0 Å². The first kappa shape index (κ1) is 39.4. The molecule has 3 amide bonds. The van der Waals surface area contributed by atoms with Crippen molar-refractivity contribution in [3.8, 4) is 17.2 Å². The lowest BCUT2D eigenvalue weighted by Crippen LogP contribution is -2.50. The smallest absolute Gasteiger partial charge is 0.408 e. The van der Waals surface area contributed by atoms with E-state index in [1.807, 2.05) is 45.2 Å². The van der Waals surface area contributed by atoms with Gasteiger partial charge in [0, 0.05) is 6.42 Å². The number of hydrogen-bond acceptors (Lipinski definition) is 9. The van der Waals surface area contributed by atoms with Crippen LogP contribution in [0, 0.1) is 7.14 Å². The average Bonchev–Trinajstić information content (AvgIpc) is 3.01. The summed E-state index contributed by atoms with van der Waals surface area (Å²) >= 11 is 13.1. The maximum Gasteiger partial charge on any atom is 0.408 e. The molecule has 0 heterocycles. The van der Waals surface area contributed by atoms with Crippen molar-refractivity contribution in [2.45, 2.75) is 50.9 Å². The maximum absolute atomic E-state index is 14.0. The Kier molecular flexibility index (Phi) is 14.0. The van der Waals surface area contributed by atoms with Gasteiger partial charge >= 0.3 is 12.1 Å². The predicted octanol–water partition coefficient (Wildman–Crippen LogP) is 6.06. The summed E-state index contributed by atoms with van der Waals surface area (Å²) in [6.45, 7) is 5.00. The number of benzene rings is 3. The first-order chi connectivity index (χ1) is 22.4. The monoisotopic (exact) mass is 971 g/mol. The Labute approximate surface area is 318 Å². The summed E-state index contributed by atoms with van der Waals surface area (Å²) < 4.78 is 16.7. The van der Waals surface area contributed by atoms with E-state index in [0.717, 1.165) is 7.11 Å². The first-order valence-electron chi connectivity index (χ1n) is 14.1. The van der Waals surface area contributed by atoms with Gasteiger partial charge in [-0.25, -0.2) is 9.59 Å². The highest BCUT2D eigenvalue weighted by molar-refractivity contribution is 14.1. The topological polar surface area (TPSA) is 173 Å². The molecule has 0 aliphatic rings.